The second kappa shape index (κ2) is 8.48. The summed E-state index contributed by atoms with van der Waals surface area (Å²) in [7, 11) is 0.768. The normalized spacial score (nSPS) is 13.1. The molecule has 1 amide bonds. The summed E-state index contributed by atoms with van der Waals surface area (Å²) < 4.78 is 17.2. The van der Waals surface area contributed by atoms with Gasteiger partial charge in [0.1, 0.15) is 0 Å². The number of aryl methyl sites for hydroxylation is 1. The molecule has 0 aliphatic heterocycles. The molecule has 0 saturated carbocycles. The zero-order valence-electron chi connectivity index (χ0n) is 16.4. The highest BCUT2D eigenvalue weighted by atomic mass is 32.2. The number of benzene rings is 2. The van der Waals surface area contributed by atoms with Crippen LogP contribution in [-0.4, -0.2) is 50.3 Å². The number of aromatic nitrogens is 2. The summed E-state index contributed by atoms with van der Waals surface area (Å²) in [4.78, 5) is 14.2. The first-order valence-corrected chi connectivity index (χ1v) is 10.7. The molecule has 146 valence electrons. The van der Waals surface area contributed by atoms with Gasteiger partial charge in [0, 0.05) is 52.6 Å². The van der Waals surface area contributed by atoms with Crippen LogP contribution in [0.25, 0.3) is 22.9 Å². The van der Waals surface area contributed by atoms with Crippen LogP contribution in [0.5, 0.6) is 0 Å². The number of rotatable bonds is 6. The van der Waals surface area contributed by atoms with E-state index in [0.717, 1.165) is 16.7 Å². The fraction of sp³-hybridized carbons (Fsp3) is 0.286. The van der Waals surface area contributed by atoms with Crippen molar-refractivity contribution >= 4 is 16.7 Å². The third-order valence-electron chi connectivity index (χ3n) is 4.53. The zero-order chi connectivity index (χ0) is 20.3. The molecule has 0 bridgehead atoms. The standard InChI is InChI=1S/C21H23N3O3S/c1-14-6-5-7-18(12-14)20-23-22-19(27-20)16-8-10-17(11-9-16)21(25)24(3)15(2)13-28(4)26/h5-12,15H,13H2,1-4H3. The first-order valence-electron chi connectivity index (χ1n) is 8.93. The monoisotopic (exact) mass is 397 g/mol. The number of nitrogens with zero attached hydrogens (tertiary/aromatic N) is 3. The minimum Gasteiger partial charge on any atom is -0.416 e. The highest BCUT2D eigenvalue weighted by Crippen LogP contribution is 2.25. The molecule has 3 aromatic rings. The fourth-order valence-corrected chi connectivity index (χ4v) is 3.75. The number of hydrogen-bond acceptors (Lipinski definition) is 5. The number of hydrogen-bond donors (Lipinski definition) is 0. The summed E-state index contributed by atoms with van der Waals surface area (Å²) in [6.07, 6.45) is 1.64. The van der Waals surface area contributed by atoms with E-state index >= 15 is 0 Å². The quantitative estimate of drug-likeness (QED) is 0.636. The Morgan fingerprint density at radius 2 is 1.75 bits per heavy atom. The predicted molar refractivity (Wildman–Crippen MR) is 110 cm³/mol. The minimum absolute atomic E-state index is 0.106. The second-order valence-corrected chi connectivity index (χ2v) is 8.34. The van der Waals surface area contributed by atoms with Crippen molar-refractivity contribution in [1.29, 1.82) is 0 Å². The minimum atomic E-state index is -0.954. The largest absolute Gasteiger partial charge is 0.416 e. The molecule has 2 unspecified atom stereocenters. The summed E-state index contributed by atoms with van der Waals surface area (Å²) in [6.45, 7) is 3.89. The van der Waals surface area contributed by atoms with E-state index in [9.17, 15) is 9.00 Å². The third kappa shape index (κ3) is 4.54. The average Bonchev–Trinajstić information content (AvgIpc) is 3.16. The second-order valence-electron chi connectivity index (χ2n) is 6.86. The van der Waals surface area contributed by atoms with Gasteiger partial charge in [-0.3, -0.25) is 9.00 Å². The van der Waals surface area contributed by atoms with Crippen molar-refractivity contribution in [3.8, 4) is 22.9 Å². The molecular weight excluding hydrogens is 374 g/mol. The van der Waals surface area contributed by atoms with E-state index in [1.807, 2.05) is 38.1 Å². The van der Waals surface area contributed by atoms with Crippen LogP contribution in [0, 0.1) is 6.92 Å². The van der Waals surface area contributed by atoms with Crippen molar-refractivity contribution in [3.05, 3.63) is 59.7 Å². The Morgan fingerprint density at radius 1 is 1.11 bits per heavy atom. The maximum atomic E-state index is 12.6. The van der Waals surface area contributed by atoms with Crippen molar-refractivity contribution in [3.63, 3.8) is 0 Å². The Morgan fingerprint density at radius 3 is 2.36 bits per heavy atom. The SMILES string of the molecule is Cc1cccc(-c2nnc(-c3ccc(C(=O)N(C)C(C)CS(C)=O)cc3)o2)c1. The third-order valence-corrected chi connectivity index (χ3v) is 5.48. The Balaban J connectivity index is 1.76. The molecule has 0 radical (unpaired) electrons. The van der Waals surface area contributed by atoms with Gasteiger partial charge in [0.15, 0.2) is 0 Å². The van der Waals surface area contributed by atoms with Gasteiger partial charge in [-0.2, -0.15) is 0 Å². The number of amides is 1. The van der Waals surface area contributed by atoms with Crippen molar-refractivity contribution in [2.24, 2.45) is 0 Å². The molecule has 1 aromatic heterocycles. The molecule has 7 heteroatoms. The van der Waals surface area contributed by atoms with Gasteiger partial charge < -0.3 is 9.32 Å². The summed E-state index contributed by atoms with van der Waals surface area (Å²) in [6, 6.07) is 14.8. The first kappa shape index (κ1) is 19.9. The van der Waals surface area contributed by atoms with Crippen LogP contribution in [0.3, 0.4) is 0 Å². The molecule has 0 N–H and O–H groups in total. The lowest BCUT2D eigenvalue weighted by Gasteiger charge is -2.24. The lowest BCUT2D eigenvalue weighted by molar-refractivity contribution is 0.0757. The molecule has 2 atom stereocenters. The summed E-state index contributed by atoms with van der Waals surface area (Å²) in [5, 5.41) is 8.24. The molecule has 3 rings (SSSR count). The first-order chi connectivity index (χ1) is 13.3. The molecule has 0 aliphatic rings. The maximum absolute atomic E-state index is 12.6. The van der Waals surface area contributed by atoms with Gasteiger partial charge in [-0.1, -0.05) is 17.7 Å². The van der Waals surface area contributed by atoms with Gasteiger partial charge in [0.05, 0.1) is 0 Å². The molecule has 1 heterocycles. The van der Waals surface area contributed by atoms with Gasteiger partial charge in [0.25, 0.3) is 5.91 Å². The van der Waals surface area contributed by atoms with Crippen molar-refractivity contribution < 1.29 is 13.4 Å². The summed E-state index contributed by atoms with van der Waals surface area (Å²) in [5.41, 5.74) is 3.28. The van der Waals surface area contributed by atoms with E-state index in [1.165, 1.54) is 0 Å². The highest BCUT2D eigenvalue weighted by molar-refractivity contribution is 7.84. The summed E-state index contributed by atoms with van der Waals surface area (Å²) >= 11 is 0. The van der Waals surface area contributed by atoms with E-state index in [0.29, 0.717) is 23.1 Å². The summed E-state index contributed by atoms with van der Waals surface area (Å²) in [5.74, 6) is 1.19. The van der Waals surface area contributed by atoms with E-state index in [1.54, 1.807) is 42.5 Å². The van der Waals surface area contributed by atoms with Crippen LogP contribution in [0.2, 0.25) is 0 Å². The average molecular weight is 398 g/mol. The van der Waals surface area contributed by atoms with Gasteiger partial charge in [-0.05, 0) is 50.2 Å². The Hall–Kier alpha value is -2.80. The van der Waals surface area contributed by atoms with Gasteiger partial charge in [-0.15, -0.1) is 10.2 Å². The lowest BCUT2D eigenvalue weighted by Crippen LogP contribution is -2.38. The van der Waals surface area contributed by atoms with E-state index in [2.05, 4.69) is 10.2 Å². The van der Waals surface area contributed by atoms with Crippen molar-refractivity contribution in [2.45, 2.75) is 19.9 Å². The molecule has 0 spiro atoms. The van der Waals surface area contributed by atoms with Crippen LogP contribution in [-0.2, 0) is 10.8 Å². The molecule has 0 saturated heterocycles. The number of carbonyl (C=O) groups excluding carboxylic acids is 1. The van der Waals surface area contributed by atoms with Gasteiger partial charge in [-0.25, -0.2) is 0 Å². The van der Waals surface area contributed by atoms with E-state index < -0.39 is 10.8 Å². The predicted octanol–water partition coefficient (Wildman–Crippen LogP) is 3.55. The van der Waals surface area contributed by atoms with Crippen LogP contribution >= 0.6 is 0 Å². The molecule has 0 aliphatic carbocycles. The van der Waals surface area contributed by atoms with Crippen LogP contribution < -0.4 is 0 Å². The number of carbonyl (C=O) groups is 1. The lowest BCUT2D eigenvalue weighted by atomic mass is 10.1. The Labute approximate surface area is 167 Å². The van der Waals surface area contributed by atoms with E-state index in [-0.39, 0.29) is 11.9 Å². The fourth-order valence-electron chi connectivity index (χ4n) is 2.85. The Bertz CT molecular complexity index is 998. The van der Waals surface area contributed by atoms with Crippen molar-refractivity contribution in [1.82, 2.24) is 15.1 Å². The molecule has 0 fully saturated rings. The molecule has 28 heavy (non-hydrogen) atoms. The zero-order valence-corrected chi connectivity index (χ0v) is 17.2. The highest BCUT2D eigenvalue weighted by Gasteiger charge is 2.19. The topological polar surface area (TPSA) is 76.3 Å². The van der Waals surface area contributed by atoms with Crippen molar-refractivity contribution in [2.75, 3.05) is 19.1 Å². The van der Waals surface area contributed by atoms with Crippen LogP contribution in [0.15, 0.2) is 52.9 Å². The molecule has 6 nitrogen and oxygen atoms in total. The van der Waals surface area contributed by atoms with E-state index in [4.69, 9.17) is 4.42 Å². The smallest absolute Gasteiger partial charge is 0.253 e. The maximum Gasteiger partial charge on any atom is 0.253 e. The van der Waals surface area contributed by atoms with Gasteiger partial charge in [0.2, 0.25) is 11.8 Å². The van der Waals surface area contributed by atoms with Crippen LogP contribution in [0.1, 0.15) is 22.8 Å². The molecule has 2 aromatic carbocycles. The van der Waals surface area contributed by atoms with Gasteiger partial charge >= 0.3 is 0 Å². The molecular formula is C21H23N3O3S. The van der Waals surface area contributed by atoms with Crippen LogP contribution in [0.4, 0.5) is 0 Å². The Kier molecular flexibility index (Phi) is 6.04.